The van der Waals surface area contributed by atoms with E-state index in [1.165, 1.54) is 12.1 Å². The van der Waals surface area contributed by atoms with Crippen LogP contribution in [0.15, 0.2) is 29.8 Å². The van der Waals surface area contributed by atoms with E-state index in [1.807, 2.05) is 14.0 Å². The molecule has 0 radical (unpaired) electrons. The van der Waals surface area contributed by atoms with E-state index in [9.17, 15) is 14.3 Å². The number of hydrogen-bond acceptors (Lipinski definition) is 3. The molecule has 1 fully saturated rings. The molecule has 0 amide bonds. The lowest BCUT2D eigenvalue weighted by Gasteiger charge is -2.35. The predicted octanol–water partition coefficient (Wildman–Crippen LogP) is 2.40. The van der Waals surface area contributed by atoms with E-state index >= 15 is 0 Å². The summed E-state index contributed by atoms with van der Waals surface area (Å²) in [6.45, 7) is 1.84. The Bertz CT molecular complexity index is 593. The number of hydrogen-bond donors (Lipinski definition) is 1. The second-order valence-corrected chi connectivity index (χ2v) is 5.95. The number of Topliss-reactive ketones (excluding diaryl/α,β-unsaturated/α-hetero) is 1. The van der Waals surface area contributed by atoms with Gasteiger partial charge in [0, 0.05) is 18.0 Å². The molecule has 21 heavy (non-hydrogen) atoms. The van der Waals surface area contributed by atoms with E-state index in [0.29, 0.717) is 18.4 Å². The maximum atomic E-state index is 13.1. The number of halogens is 1. The molecule has 2 aliphatic heterocycles. The van der Waals surface area contributed by atoms with Gasteiger partial charge in [-0.3, -0.25) is 9.69 Å². The highest BCUT2D eigenvalue weighted by atomic mass is 19.1. The summed E-state index contributed by atoms with van der Waals surface area (Å²) < 4.78 is 13.1. The van der Waals surface area contributed by atoms with E-state index in [0.717, 1.165) is 17.6 Å². The van der Waals surface area contributed by atoms with Crippen molar-refractivity contribution in [1.29, 1.82) is 0 Å². The second kappa shape index (κ2) is 5.35. The van der Waals surface area contributed by atoms with Crippen LogP contribution in [0, 0.1) is 5.82 Å². The molecule has 1 aromatic carbocycles. The number of rotatable bonds is 3. The van der Waals surface area contributed by atoms with Crippen LogP contribution in [-0.2, 0) is 4.79 Å². The third-order valence-electron chi connectivity index (χ3n) is 4.77. The standard InChI is InChI=1S/C17H20FNO2/c1-3-14(20)16-13(10-4-6-11(18)7-5-10)8-12-9-15(21)17(16)19(12)2/h4-7,12,15,17,21H,3,8-9H2,1-2H3/t12?,15?,17-/m0/s1. The molecular formula is C17H20FNO2. The van der Waals surface area contributed by atoms with Gasteiger partial charge >= 0.3 is 0 Å². The van der Waals surface area contributed by atoms with Crippen LogP contribution < -0.4 is 0 Å². The number of ketones is 1. The lowest BCUT2D eigenvalue weighted by molar-refractivity contribution is -0.116. The van der Waals surface area contributed by atoms with Gasteiger partial charge in [0.1, 0.15) is 5.82 Å². The largest absolute Gasteiger partial charge is 0.391 e. The molecule has 0 saturated carbocycles. The number of benzene rings is 1. The van der Waals surface area contributed by atoms with Gasteiger partial charge in [0.25, 0.3) is 0 Å². The predicted molar refractivity (Wildman–Crippen MR) is 79.2 cm³/mol. The fourth-order valence-corrected chi connectivity index (χ4v) is 3.67. The third kappa shape index (κ3) is 2.32. The van der Waals surface area contributed by atoms with E-state index in [-0.39, 0.29) is 23.7 Å². The van der Waals surface area contributed by atoms with Crippen molar-refractivity contribution in [1.82, 2.24) is 4.90 Å². The summed E-state index contributed by atoms with van der Waals surface area (Å²) in [5.74, 6) is -0.204. The van der Waals surface area contributed by atoms with Gasteiger partial charge < -0.3 is 5.11 Å². The summed E-state index contributed by atoms with van der Waals surface area (Å²) in [4.78, 5) is 14.5. The van der Waals surface area contributed by atoms with Crippen molar-refractivity contribution >= 4 is 11.4 Å². The highest BCUT2D eigenvalue weighted by molar-refractivity contribution is 6.04. The Labute approximate surface area is 124 Å². The molecule has 2 unspecified atom stereocenters. The first-order valence-corrected chi connectivity index (χ1v) is 7.45. The Kier molecular flexibility index (Phi) is 3.68. The van der Waals surface area contributed by atoms with Crippen LogP contribution in [0.2, 0.25) is 0 Å². The smallest absolute Gasteiger partial charge is 0.160 e. The topological polar surface area (TPSA) is 40.5 Å². The number of nitrogens with zero attached hydrogens (tertiary/aromatic N) is 1. The molecule has 0 spiro atoms. The fourth-order valence-electron chi connectivity index (χ4n) is 3.67. The first-order valence-electron chi connectivity index (χ1n) is 7.45. The molecule has 3 atom stereocenters. The minimum absolute atomic E-state index is 0.0746. The van der Waals surface area contributed by atoms with Gasteiger partial charge in [-0.1, -0.05) is 19.1 Å². The molecule has 2 bridgehead atoms. The zero-order valence-electron chi connectivity index (χ0n) is 12.3. The van der Waals surface area contributed by atoms with Gasteiger partial charge in [0.15, 0.2) is 5.78 Å². The fraction of sp³-hybridized carbons (Fsp3) is 0.471. The van der Waals surface area contributed by atoms with E-state index in [1.54, 1.807) is 12.1 Å². The van der Waals surface area contributed by atoms with Crippen molar-refractivity contribution in [3.8, 4) is 0 Å². The average molecular weight is 289 g/mol. The maximum absolute atomic E-state index is 13.1. The Balaban J connectivity index is 2.13. The van der Waals surface area contributed by atoms with E-state index < -0.39 is 6.10 Å². The van der Waals surface area contributed by atoms with Gasteiger partial charge in [0.05, 0.1) is 12.1 Å². The van der Waals surface area contributed by atoms with Crippen LogP contribution in [0.25, 0.3) is 5.57 Å². The minimum atomic E-state index is -0.497. The highest BCUT2D eigenvalue weighted by Gasteiger charge is 2.46. The molecule has 4 heteroatoms. The Hall–Kier alpha value is -1.52. The summed E-state index contributed by atoms with van der Waals surface area (Å²) in [6.07, 6.45) is 1.34. The van der Waals surface area contributed by atoms with Crippen molar-refractivity contribution in [2.24, 2.45) is 0 Å². The molecule has 2 aliphatic rings. The highest BCUT2D eigenvalue weighted by Crippen LogP contribution is 2.42. The molecule has 3 nitrogen and oxygen atoms in total. The molecule has 0 aliphatic carbocycles. The van der Waals surface area contributed by atoms with Crippen molar-refractivity contribution in [3.63, 3.8) is 0 Å². The average Bonchev–Trinajstić information content (AvgIpc) is 2.66. The van der Waals surface area contributed by atoms with Crippen molar-refractivity contribution in [2.75, 3.05) is 7.05 Å². The summed E-state index contributed by atoms with van der Waals surface area (Å²) in [6, 6.07) is 6.32. The van der Waals surface area contributed by atoms with Gasteiger partial charge in [0.2, 0.25) is 0 Å². The number of aliphatic hydroxyl groups excluding tert-OH is 1. The van der Waals surface area contributed by atoms with Crippen LogP contribution in [0.3, 0.4) is 0 Å². The summed E-state index contributed by atoms with van der Waals surface area (Å²) >= 11 is 0. The quantitative estimate of drug-likeness (QED) is 0.929. The lowest BCUT2D eigenvalue weighted by atomic mass is 9.85. The molecule has 2 heterocycles. The van der Waals surface area contributed by atoms with Crippen LogP contribution in [0.1, 0.15) is 31.7 Å². The molecular weight excluding hydrogens is 269 g/mol. The van der Waals surface area contributed by atoms with Crippen molar-refractivity contribution < 1.29 is 14.3 Å². The second-order valence-electron chi connectivity index (χ2n) is 5.95. The lowest BCUT2D eigenvalue weighted by Crippen LogP contribution is -2.43. The van der Waals surface area contributed by atoms with Gasteiger partial charge in [-0.2, -0.15) is 0 Å². The summed E-state index contributed by atoms with van der Waals surface area (Å²) in [5.41, 5.74) is 2.59. The first kappa shape index (κ1) is 14.4. The first-order chi connectivity index (χ1) is 10.0. The Morgan fingerprint density at radius 2 is 2.05 bits per heavy atom. The van der Waals surface area contributed by atoms with Crippen LogP contribution >= 0.6 is 0 Å². The molecule has 1 aromatic rings. The number of likely N-dealkylation sites (N-methyl/N-ethyl adjacent to an activating group) is 1. The number of carbonyl (C=O) groups is 1. The van der Waals surface area contributed by atoms with Gasteiger partial charge in [-0.05, 0) is 43.2 Å². The van der Waals surface area contributed by atoms with E-state index in [2.05, 4.69) is 4.90 Å². The maximum Gasteiger partial charge on any atom is 0.160 e. The van der Waals surface area contributed by atoms with Gasteiger partial charge in [-0.15, -0.1) is 0 Å². The number of aliphatic hydroxyl groups is 1. The summed E-state index contributed by atoms with van der Waals surface area (Å²) in [5, 5.41) is 10.3. The Morgan fingerprint density at radius 1 is 1.38 bits per heavy atom. The summed E-state index contributed by atoms with van der Waals surface area (Å²) in [7, 11) is 1.97. The molecule has 1 saturated heterocycles. The Morgan fingerprint density at radius 3 is 2.67 bits per heavy atom. The molecule has 1 N–H and O–H groups in total. The van der Waals surface area contributed by atoms with Crippen LogP contribution in [-0.4, -0.2) is 41.0 Å². The van der Waals surface area contributed by atoms with Crippen molar-refractivity contribution in [2.45, 2.75) is 44.4 Å². The van der Waals surface area contributed by atoms with Crippen LogP contribution in [0.5, 0.6) is 0 Å². The molecule has 112 valence electrons. The number of fused-ring (bicyclic) bond motifs is 2. The minimum Gasteiger partial charge on any atom is -0.391 e. The number of carbonyl (C=O) groups excluding carboxylic acids is 1. The molecule has 0 aromatic heterocycles. The van der Waals surface area contributed by atoms with Gasteiger partial charge in [-0.25, -0.2) is 4.39 Å². The zero-order chi connectivity index (χ0) is 15.1. The monoisotopic (exact) mass is 289 g/mol. The zero-order valence-corrected chi connectivity index (χ0v) is 12.3. The van der Waals surface area contributed by atoms with E-state index in [4.69, 9.17) is 0 Å². The van der Waals surface area contributed by atoms with Crippen LogP contribution in [0.4, 0.5) is 4.39 Å². The molecule has 3 rings (SSSR count). The third-order valence-corrected chi connectivity index (χ3v) is 4.77. The SMILES string of the molecule is CCC(=O)C1=C(c2ccc(F)cc2)CC2CC(O)[C@@H]1N2C. The van der Waals surface area contributed by atoms with Crippen molar-refractivity contribution in [3.05, 3.63) is 41.2 Å². The normalized spacial score (nSPS) is 29.0.